The van der Waals surface area contributed by atoms with Gasteiger partial charge in [-0.15, -0.1) is 4.91 Å². The third kappa shape index (κ3) is 2.77. The second kappa shape index (κ2) is 4.58. The molecule has 70 valence electrons. The Morgan fingerprint density at radius 1 is 1.42 bits per heavy atom. The predicted octanol–water partition coefficient (Wildman–Crippen LogP) is 1.31. The molecule has 0 aromatic carbocycles. The number of rotatable bonds is 3. The van der Waals surface area contributed by atoms with Crippen molar-refractivity contribution >= 4 is 6.03 Å². The van der Waals surface area contributed by atoms with E-state index in [2.05, 4.69) is 0 Å². The van der Waals surface area contributed by atoms with Gasteiger partial charge in [-0.25, -0.2) is 13.6 Å². The molecule has 0 aromatic heterocycles. The van der Waals surface area contributed by atoms with Crippen molar-refractivity contribution in [3.63, 3.8) is 0 Å². The Kier molecular flexibility index (Phi) is 4.09. The first-order chi connectivity index (χ1) is 5.50. The van der Waals surface area contributed by atoms with Crippen molar-refractivity contribution in [1.29, 1.82) is 0 Å². The van der Waals surface area contributed by atoms with E-state index < -0.39 is 18.6 Å². The Labute approximate surface area is 67.7 Å². The number of nitroso groups, excluding NO2 is 1. The highest BCUT2D eigenvalue weighted by Crippen LogP contribution is 2.07. The van der Waals surface area contributed by atoms with E-state index in [0.717, 1.165) is 13.8 Å². The molecule has 2 unspecified atom stereocenters. The van der Waals surface area contributed by atoms with Crippen molar-refractivity contribution < 1.29 is 13.6 Å². The van der Waals surface area contributed by atoms with Gasteiger partial charge in [0.1, 0.15) is 0 Å². The SMILES string of the molecule is CC(F)N(C(=O)NN=O)C(C)F. The molecule has 0 radical (unpaired) electrons. The van der Waals surface area contributed by atoms with Crippen LogP contribution >= 0.6 is 0 Å². The van der Waals surface area contributed by atoms with Crippen molar-refractivity contribution in [3.05, 3.63) is 4.91 Å². The summed E-state index contributed by atoms with van der Waals surface area (Å²) in [5, 5.41) is 2.00. The molecule has 0 spiro atoms. The number of hydrogen-bond acceptors (Lipinski definition) is 3. The minimum Gasteiger partial charge on any atom is -0.262 e. The zero-order chi connectivity index (χ0) is 9.72. The molecule has 0 fully saturated rings. The summed E-state index contributed by atoms with van der Waals surface area (Å²) in [4.78, 5) is 20.4. The fourth-order valence-electron chi connectivity index (χ4n) is 0.703. The molecule has 0 aliphatic carbocycles. The first-order valence-corrected chi connectivity index (χ1v) is 3.19. The highest BCUT2D eigenvalue weighted by molar-refractivity contribution is 5.74. The smallest absolute Gasteiger partial charge is 0.262 e. The number of alkyl halides is 2. The molecular formula is C5H9F2N3O2. The molecular weight excluding hydrogens is 172 g/mol. The molecule has 2 atom stereocenters. The van der Waals surface area contributed by atoms with Crippen LogP contribution in [0.15, 0.2) is 5.29 Å². The lowest BCUT2D eigenvalue weighted by molar-refractivity contribution is 0.0356. The van der Waals surface area contributed by atoms with E-state index in [1.807, 2.05) is 5.29 Å². The predicted molar refractivity (Wildman–Crippen MR) is 37.3 cm³/mol. The van der Waals surface area contributed by atoms with E-state index in [-0.39, 0.29) is 4.90 Å². The van der Waals surface area contributed by atoms with E-state index in [4.69, 9.17) is 0 Å². The van der Waals surface area contributed by atoms with Crippen LogP contribution in [0.25, 0.3) is 0 Å². The maximum Gasteiger partial charge on any atom is 0.344 e. The molecule has 0 aliphatic heterocycles. The number of amides is 2. The average molecular weight is 181 g/mol. The molecule has 7 heteroatoms. The van der Waals surface area contributed by atoms with Crippen LogP contribution in [-0.4, -0.2) is 23.5 Å². The van der Waals surface area contributed by atoms with Crippen LogP contribution < -0.4 is 5.43 Å². The fraction of sp³-hybridized carbons (Fsp3) is 0.800. The Morgan fingerprint density at radius 2 is 1.83 bits per heavy atom. The topological polar surface area (TPSA) is 61.8 Å². The van der Waals surface area contributed by atoms with E-state index in [0.29, 0.717) is 0 Å². The summed E-state index contributed by atoms with van der Waals surface area (Å²) < 4.78 is 24.9. The fourth-order valence-corrected chi connectivity index (χ4v) is 0.703. The summed E-state index contributed by atoms with van der Waals surface area (Å²) in [6.45, 7) is 1.95. The Balaban J connectivity index is 4.29. The third-order valence-electron chi connectivity index (χ3n) is 1.14. The van der Waals surface area contributed by atoms with Crippen LogP contribution in [0.4, 0.5) is 13.6 Å². The lowest BCUT2D eigenvalue weighted by atomic mass is 10.5. The van der Waals surface area contributed by atoms with Crippen LogP contribution in [0, 0.1) is 4.91 Å². The van der Waals surface area contributed by atoms with Crippen LogP contribution in [0.2, 0.25) is 0 Å². The molecule has 0 heterocycles. The number of urea groups is 1. The lowest BCUT2D eigenvalue weighted by Gasteiger charge is -2.23. The minimum atomic E-state index is -1.81. The van der Waals surface area contributed by atoms with Gasteiger partial charge in [0.15, 0.2) is 12.6 Å². The largest absolute Gasteiger partial charge is 0.344 e. The number of halogens is 2. The summed E-state index contributed by atoms with van der Waals surface area (Å²) in [7, 11) is 0. The van der Waals surface area contributed by atoms with Gasteiger partial charge in [0.05, 0.1) is 5.29 Å². The molecule has 1 N–H and O–H groups in total. The number of nitrogens with zero attached hydrogens (tertiary/aromatic N) is 2. The van der Waals surface area contributed by atoms with Crippen molar-refractivity contribution in [2.75, 3.05) is 0 Å². The monoisotopic (exact) mass is 181 g/mol. The summed E-state index contributed by atoms with van der Waals surface area (Å²) in [5.41, 5.74) is 1.38. The standard InChI is InChI=1S/C5H9F2N3O2/c1-3(6)10(4(2)7)5(11)8-9-12/h3-4H,1-2H3,(H,8,11,12). The zero-order valence-corrected chi connectivity index (χ0v) is 6.62. The van der Waals surface area contributed by atoms with Gasteiger partial charge in [0.25, 0.3) is 0 Å². The van der Waals surface area contributed by atoms with Gasteiger partial charge >= 0.3 is 6.03 Å². The summed E-state index contributed by atoms with van der Waals surface area (Å²) in [5.74, 6) is 0. The molecule has 0 bridgehead atoms. The molecule has 0 saturated heterocycles. The highest BCUT2D eigenvalue weighted by atomic mass is 19.2. The molecule has 12 heavy (non-hydrogen) atoms. The molecule has 0 rings (SSSR count). The average Bonchev–Trinajstić information content (AvgIpc) is 1.85. The molecule has 2 amide bonds. The second-order valence-electron chi connectivity index (χ2n) is 2.06. The Morgan fingerprint density at radius 3 is 2.08 bits per heavy atom. The van der Waals surface area contributed by atoms with Crippen LogP contribution in [0.1, 0.15) is 13.8 Å². The van der Waals surface area contributed by atoms with Crippen molar-refractivity contribution in [2.24, 2.45) is 5.29 Å². The molecule has 0 aliphatic rings. The number of nitrogens with one attached hydrogen (secondary N) is 1. The van der Waals surface area contributed by atoms with Gasteiger partial charge in [-0.2, -0.15) is 5.43 Å². The number of carbonyl (C=O) groups is 1. The highest BCUT2D eigenvalue weighted by Gasteiger charge is 2.24. The number of hydrogen-bond donors (Lipinski definition) is 1. The van der Waals surface area contributed by atoms with Crippen LogP contribution in [0.3, 0.4) is 0 Å². The second-order valence-corrected chi connectivity index (χ2v) is 2.06. The quantitative estimate of drug-likeness (QED) is 0.405. The third-order valence-corrected chi connectivity index (χ3v) is 1.14. The summed E-state index contributed by atoms with van der Waals surface area (Å²) >= 11 is 0. The van der Waals surface area contributed by atoms with Crippen molar-refractivity contribution in [1.82, 2.24) is 10.3 Å². The van der Waals surface area contributed by atoms with Gasteiger partial charge in [-0.3, -0.25) is 4.90 Å². The first-order valence-electron chi connectivity index (χ1n) is 3.19. The minimum absolute atomic E-state index is 0.210. The maximum absolute atomic E-state index is 12.5. The first kappa shape index (κ1) is 10.7. The van der Waals surface area contributed by atoms with E-state index in [1.165, 1.54) is 5.43 Å². The molecule has 0 aromatic rings. The normalized spacial score (nSPS) is 14.7. The van der Waals surface area contributed by atoms with E-state index in [9.17, 15) is 18.5 Å². The van der Waals surface area contributed by atoms with E-state index in [1.54, 1.807) is 0 Å². The van der Waals surface area contributed by atoms with Crippen molar-refractivity contribution in [2.45, 2.75) is 26.4 Å². The lowest BCUT2D eigenvalue weighted by Crippen LogP contribution is -2.45. The molecule has 5 nitrogen and oxygen atoms in total. The number of carbonyl (C=O) groups excluding carboxylic acids is 1. The molecule has 0 saturated carbocycles. The van der Waals surface area contributed by atoms with Gasteiger partial charge in [0.2, 0.25) is 0 Å². The van der Waals surface area contributed by atoms with Crippen LogP contribution in [0.5, 0.6) is 0 Å². The van der Waals surface area contributed by atoms with Gasteiger partial charge in [-0.05, 0) is 13.8 Å². The Hall–Kier alpha value is -1.27. The Bertz CT molecular complexity index is 166. The van der Waals surface area contributed by atoms with Gasteiger partial charge < -0.3 is 0 Å². The summed E-state index contributed by atoms with van der Waals surface area (Å²) in [6.07, 6.45) is -3.63. The zero-order valence-electron chi connectivity index (χ0n) is 6.62. The van der Waals surface area contributed by atoms with Crippen LogP contribution in [-0.2, 0) is 0 Å². The van der Waals surface area contributed by atoms with Gasteiger partial charge in [0, 0.05) is 0 Å². The van der Waals surface area contributed by atoms with E-state index >= 15 is 0 Å². The maximum atomic E-state index is 12.5. The van der Waals surface area contributed by atoms with Crippen molar-refractivity contribution in [3.8, 4) is 0 Å². The summed E-state index contributed by atoms with van der Waals surface area (Å²) in [6, 6.07) is -1.20. The van der Waals surface area contributed by atoms with Gasteiger partial charge in [-0.1, -0.05) is 0 Å².